The van der Waals surface area contributed by atoms with E-state index in [0.717, 1.165) is 0 Å². The summed E-state index contributed by atoms with van der Waals surface area (Å²) in [5.74, 6) is -6.69. The van der Waals surface area contributed by atoms with Gasteiger partial charge in [0.05, 0.1) is 12.5 Å². The Morgan fingerprint density at radius 3 is 1.33 bits per heavy atom. The molecule has 0 radical (unpaired) electrons. The van der Waals surface area contributed by atoms with Crippen LogP contribution in [0.5, 0.6) is 0 Å². The zero-order valence-corrected chi connectivity index (χ0v) is 35.9. The zero-order chi connectivity index (χ0) is 44.9. The molecule has 0 aliphatic carbocycles. The Bertz CT molecular complexity index is 1410. The number of hydrogen-bond donors (Lipinski definition) is 11. The van der Waals surface area contributed by atoms with Crippen molar-refractivity contribution in [3.05, 3.63) is 0 Å². The molecule has 0 aromatic rings. The lowest BCUT2D eigenvalue weighted by Gasteiger charge is -2.28. The Hall–Kier alpha value is -4.85. The van der Waals surface area contributed by atoms with E-state index < -0.39 is 108 Å². The summed E-state index contributed by atoms with van der Waals surface area (Å²) in [5.41, 5.74) is 17.1. The van der Waals surface area contributed by atoms with Crippen molar-refractivity contribution >= 4 is 53.2 Å². The fourth-order valence-electron chi connectivity index (χ4n) is 5.58. The molecule has 9 atom stereocenters. The Labute approximate surface area is 342 Å². The predicted octanol–water partition coefficient (Wildman–Crippen LogP) is -2.34. The van der Waals surface area contributed by atoms with Gasteiger partial charge in [-0.1, -0.05) is 48.0 Å². The van der Waals surface area contributed by atoms with Crippen LogP contribution < -0.4 is 59.7 Å². The van der Waals surface area contributed by atoms with E-state index >= 15 is 0 Å². The maximum atomic E-state index is 13.8. The molecule has 0 saturated heterocycles. The van der Waals surface area contributed by atoms with Gasteiger partial charge in [-0.25, -0.2) is 0 Å². The van der Waals surface area contributed by atoms with Crippen molar-refractivity contribution in [2.75, 3.05) is 13.6 Å². The van der Waals surface area contributed by atoms with Crippen LogP contribution in [0.15, 0.2) is 0 Å². The summed E-state index contributed by atoms with van der Waals surface area (Å²) in [4.78, 5) is 117. The number of carbonyl (C=O) groups is 9. The van der Waals surface area contributed by atoms with Crippen molar-refractivity contribution in [3.8, 4) is 0 Å². The molecule has 58 heavy (non-hydrogen) atoms. The Kier molecular flexibility index (Phi) is 24.7. The largest absolute Gasteiger partial charge is 0.370 e. The number of carbonyl (C=O) groups excluding carboxylic acids is 9. The molecule has 9 amide bonds. The summed E-state index contributed by atoms with van der Waals surface area (Å²) in [5, 5.41) is 20.4. The van der Waals surface area contributed by atoms with E-state index in [1.165, 1.54) is 27.8 Å². The quantitative estimate of drug-likeness (QED) is 0.0390. The van der Waals surface area contributed by atoms with Gasteiger partial charge in [0.25, 0.3) is 0 Å². The van der Waals surface area contributed by atoms with Gasteiger partial charge in [0.1, 0.15) is 42.3 Å². The van der Waals surface area contributed by atoms with E-state index in [4.69, 9.17) is 17.2 Å². The van der Waals surface area contributed by atoms with Crippen molar-refractivity contribution in [3.63, 3.8) is 0 Å². The second-order valence-corrected chi connectivity index (χ2v) is 15.7. The van der Waals surface area contributed by atoms with Crippen LogP contribution >= 0.6 is 0 Å². The Morgan fingerprint density at radius 1 is 0.500 bits per heavy atom. The Morgan fingerprint density at radius 2 is 0.879 bits per heavy atom. The highest BCUT2D eigenvalue weighted by Gasteiger charge is 2.34. The van der Waals surface area contributed by atoms with Gasteiger partial charge in [-0.3, -0.25) is 43.2 Å². The van der Waals surface area contributed by atoms with Crippen LogP contribution in [0.25, 0.3) is 0 Å². The molecular formula is C38H71N11O9. The number of nitrogens with one attached hydrogen (secondary N) is 8. The molecule has 332 valence electrons. The molecule has 0 spiro atoms. The molecule has 20 nitrogen and oxygen atoms in total. The maximum Gasteiger partial charge on any atom is 0.243 e. The molecule has 0 aliphatic heterocycles. The summed E-state index contributed by atoms with van der Waals surface area (Å²) < 4.78 is 0. The summed E-state index contributed by atoms with van der Waals surface area (Å²) in [7, 11) is 1.42. The first kappa shape index (κ1) is 53.1. The van der Waals surface area contributed by atoms with Gasteiger partial charge >= 0.3 is 0 Å². The molecule has 14 N–H and O–H groups in total. The highest BCUT2D eigenvalue weighted by Crippen LogP contribution is 2.11. The Balaban J connectivity index is 6.05. The molecule has 0 heterocycles. The molecule has 0 saturated carbocycles. The van der Waals surface area contributed by atoms with Gasteiger partial charge in [0, 0.05) is 7.05 Å². The summed E-state index contributed by atoms with van der Waals surface area (Å²) in [6, 6.07) is -8.96. The molecule has 20 heteroatoms. The average Bonchev–Trinajstić information content (AvgIpc) is 3.14. The van der Waals surface area contributed by atoms with Crippen LogP contribution in [0, 0.1) is 17.8 Å². The number of primary amides is 1. The van der Waals surface area contributed by atoms with Gasteiger partial charge in [-0.15, -0.1) is 0 Å². The van der Waals surface area contributed by atoms with Crippen LogP contribution in [-0.2, 0) is 43.2 Å². The molecular weight excluding hydrogens is 754 g/mol. The third-order valence-corrected chi connectivity index (χ3v) is 9.36. The fraction of sp³-hybridized carbons (Fsp3) is 0.763. The van der Waals surface area contributed by atoms with E-state index in [2.05, 4.69) is 42.5 Å². The molecule has 0 bridgehead atoms. The van der Waals surface area contributed by atoms with E-state index in [0.29, 0.717) is 25.8 Å². The zero-order valence-electron chi connectivity index (χ0n) is 35.9. The van der Waals surface area contributed by atoms with E-state index in [1.807, 2.05) is 34.6 Å². The topological polar surface area (TPSA) is 328 Å². The maximum absolute atomic E-state index is 13.8. The summed E-state index contributed by atoms with van der Waals surface area (Å²) in [6.45, 7) is 15.5. The van der Waals surface area contributed by atoms with Crippen molar-refractivity contribution in [2.24, 2.45) is 35.0 Å². The number of nitrogens with two attached hydrogens (primary N) is 3. The average molecular weight is 826 g/mol. The summed E-state index contributed by atoms with van der Waals surface area (Å²) in [6.07, 6.45) is 1.39. The number of likely N-dealkylation sites (N-methyl/N-ethyl adjacent to an activating group) is 1. The molecule has 0 fully saturated rings. The van der Waals surface area contributed by atoms with E-state index in [-0.39, 0.29) is 37.0 Å². The second-order valence-electron chi connectivity index (χ2n) is 15.7. The number of amides is 9. The normalized spacial score (nSPS) is 15.8. The highest BCUT2D eigenvalue weighted by atomic mass is 16.2. The highest BCUT2D eigenvalue weighted by molar-refractivity contribution is 5.98. The fourth-order valence-corrected chi connectivity index (χ4v) is 5.58. The van der Waals surface area contributed by atoms with Crippen LogP contribution in [0.4, 0.5) is 0 Å². The standard InChI is InChI=1S/C38H71N11O9/c1-11-21(6)30(41)38(58)49-28(18-29(40)50)37(57)48-27(17-20(4)5)36(56)46-25(14-12-13-15-39)34(54)44-24(9)33(53)47-26(16-19(2)3)35(55)45-23(8)32(52)43-22(7)31(51)42-10/h19-28,30H,11-18,39,41H2,1-10H3,(H2,40,50)(H,42,51)(H,43,52)(H,44,54)(H,45,55)(H,46,56)(H,47,53)(H,48,57)(H,49,58). The van der Waals surface area contributed by atoms with Crippen LogP contribution in [0.2, 0.25) is 0 Å². The number of rotatable bonds is 27. The first-order valence-electron chi connectivity index (χ1n) is 20.1. The molecule has 0 aromatic carbocycles. The lowest BCUT2D eigenvalue weighted by atomic mass is 9.98. The number of unbranched alkanes of at least 4 members (excludes halogenated alkanes) is 1. The molecule has 0 rings (SSSR count). The first-order chi connectivity index (χ1) is 27.0. The van der Waals surface area contributed by atoms with Gasteiger partial charge in [-0.2, -0.15) is 0 Å². The second kappa shape index (κ2) is 27.0. The van der Waals surface area contributed by atoms with Gasteiger partial charge in [0.15, 0.2) is 0 Å². The van der Waals surface area contributed by atoms with Gasteiger partial charge in [-0.05, 0) is 77.2 Å². The molecule has 0 aromatic heterocycles. The minimum Gasteiger partial charge on any atom is -0.370 e. The van der Waals surface area contributed by atoms with Crippen LogP contribution in [0.3, 0.4) is 0 Å². The van der Waals surface area contributed by atoms with Gasteiger partial charge in [0.2, 0.25) is 53.2 Å². The first-order valence-corrected chi connectivity index (χ1v) is 20.1. The van der Waals surface area contributed by atoms with Crippen molar-refractivity contribution in [2.45, 2.75) is 156 Å². The smallest absolute Gasteiger partial charge is 0.243 e. The summed E-state index contributed by atoms with van der Waals surface area (Å²) >= 11 is 0. The van der Waals surface area contributed by atoms with Crippen molar-refractivity contribution in [1.82, 2.24) is 42.5 Å². The van der Waals surface area contributed by atoms with Gasteiger partial charge < -0.3 is 59.7 Å². The third-order valence-electron chi connectivity index (χ3n) is 9.36. The minimum atomic E-state index is -1.43. The lowest BCUT2D eigenvalue weighted by Crippen LogP contribution is -2.60. The van der Waals surface area contributed by atoms with Crippen molar-refractivity contribution in [1.29, 1.82) is 0 Å². The molecule has 9 unspecified atom stereocenters. The van der Waals surface area contributed by atoms with Crippen molar-refractivity contribution < 1.29 is 43.2 Å². The molecule has 0 aliphatic rings. The SMILES string of the molecule is CCC(C)C(N)C(=O)NC(CC(N)=O)C(=O)NC(CC(C)C)C(=O)NC(CCCCN)C(=O)NC(C)C(=O)NC(CC(C)C)C(=O)NC(C)C(=O)NC(C)C(=O)NC. The van der Waals surface area contributed by atoms with E-state index in [1.54, 1.807) is 6.92 Å². The lowest BCUT2D eigenvalue weighted by molar-refractivity contribution is -0.136. The third kappa shape index (κ3) is 20.0. The number of hydrogen-bond acceptors (Lipinski definition) is 11. The predicted molar refractivity (Wildman–Crippen MR) is 218 cm³/mol. The minimum absolute atomic E-state index is 0.0653. The van der Waals surface area contributed by atoms with E-state index in [9.17, 15) is 43.2 Å². The van der Waals surface area contributed by atoms with Crippen LogP contribution in [-0.4, -0.2) is 115 Å². The monoisotopic (exact) mass is 826 g/mol. The van der Waals surface area contributed by atoms with Crippen LogP contribution in [0.1, 0.15) is 107 Å².